The third-order valence-electron chi connectivity index (χ3n) is 3.07. The predicted octanol–water partition coefficient (Wildman–Crippen LogP) is 2.73. The van der Waals surface area contributed by atoms with E-state index in [4.69, 9.17) is 18.0 Å². The largest absolute Gasteiger partial charge is 0.393 e. The molecule has 0 aromatic rings. The quantitative estimate of drug-likeness (QED) is 0.647. The topological polar surface area (TPSA) is 46.3 Å². The molecule has 0 aliphatic rings. The van der Waals surface area contributed by atoms with Crippen LogP contribution in [0.3, 0.4) is 0 Å². The van der Waals surface area contributed by atoms with E-state index >= 15 is 0 Å². The molecule has 0 aliphatic heterocycles. The molecule has 1 unspecified atom stereocenters. The molecule has 1 atom stereocenters. The number of thiocarbonyl (C=S) groups is 1. The van der Waals surface area contributed by atoms with Gasteiger partial charge < -0.3 is 10.6 Å². The third-order valence-corrected chi connectivity index (χ3v) is 3.27. The second kappa shape index (κ2) is 9.40. The van der Waals surface area contributed by atoms with E-state index in [1.54, 1.807) is 0 Å². The monoisotopic (exact) mass is 258 g/mol. The van der Waals surface area contributed by atoms with Crippen LogP contribution in [0.2, 0.25) is 0 Å². The Balaban J connectivity index is 4.31. The summed E-state index contributed by atoms with van der Waals surface area (Å²) in [6.45, 7) is 7.64. The number of amides is 1. The summed E-state index contributed by atoms with van der Waals surface area (Å²) in [7, 11) is 0. The molecule has 2 N–H and O–H groups in total. The molecule has 0 aromatic heterocycles. The van der Waals surface area contributed by atoms with Crippen LogP contribution in [0, 0.1) is 5.92 Å². The van der Waals surface area contributed by atoms with Gasteiger partial charge in [-0.2, -0.15) is 0 Å². The normalized spacial score (nSPS) is 12.2. The van der Waals surface area contributed by atoms with Crippen molar-refractivity contribution in [3.63, 3.8) is 0 Å². The van der Waals surface area contributed by atoms with Crippen LogP contribution in [-0.2, 0) is 4.79 Å². The highest BCUT2D eigenvalue weighted by Crippen LogP contribution is 2.16. The van der Waals surface area contributed by atoms with Crippen molar-refractivity contribution >= 4 is 23.1 Å². The van der Waals surface area contributed by atoms with Gasteiger partial charge in [0.05, 0.1) is 4.99 Å². The summed E-state index contributed by atoms with van der Waals surface area (Å²) in [6, 6.07) is 0. The number of hydrogen-bond donors (Lipinski definition) is 1. The second-order valence-corrected chi connectivity index (χ2v) is 4.91. The van der Waals surface area contributed by atoms with E-state index in [0.717, 1.165) is 32.2 Å². The van der Waals surface area contributed by atoms with Crippen LogP contribution < -0.4 is 5.73 Å². The molecule has 3 nitrogen and oxygen atoms in total. The highest BCUT2D eigenvalue weighted by Gasteiger charge is 2.21. The molecule has 100 valence electrons. The number of unbranched alkanes of at least 4 members (excludes halogenated alkanes) is 1. The third kappa shape index (κ3) is 6.61. The van der Waals surface area contributed by atoms with Crippen molar-refractivity contribution in [2.24, 2.45) is 11.7 Å². The summed E-state index contributed by atoms with van der Waals surface area (Å²) in [5.74, 6) is 0.431. The summed E-state index contributed by atoms with van der Waals surface area (Å²) in [4.78, 5) is 14.6. The molecule has 0 radical (unpaired) electrons. The number of carbonyl (C=O) groups excluding carboxylic acids is 1. The SMILES string of the molecule is CCCCC(CC)C(=O)N(CC)CCC(N)=S. The fourth-order valence-electron chi connectivity index (χ4n) is 1.88. The average Bonchev–Trinajstić information content (AvgIpc) is 2.30. The van der Waals surface area contributed by atoms with Gasteiger partial charge in [0.1, 0.15) is 0 Å². The summed E-state index contributed by atoms with van der Waals surface area (Å²) in [5.41, 5.74) is 5.48. The van der Waals surface area contributed by atoms with Crippen molar-refractivity contribution in [3.8, 4) is 0 Å². The first-order valence-corrected chi connectivity index (χ1v) is 7.04. The maximum Gasteiger partial charge on any atom is 0.225 e. The molecular formula is C13H26N2OS. The highest BCUT2D eigenvalue weighted by atomic mass is 32.1. The van der Waals surface area contributed by atoms with Crippen LogP contribution in [0.25, 0.3) is 0 Å². The van der Waals surface area contributed by atoms with Crippen molar-refractivity contribution < 1.29 is 4.79 Å². The number of hydrogen-bond acceptors (Lipinski definition) is 2. The minimum absolute atomic E-state index is 0.168. The van der Waals surface area contributed by atoms with E-state index in [1.807, 2.05) is 11.8 Å². The molecule has 17 heavy (non-hydrogen) atoms. The van der Waals surface area contributed by atoms with E-state index in [-0.39, 0.29) is 11.8 Å². The van der Waals surface area contributed by atoms with Crippen LogP contribution >= 0.6 is 12.2 Å². The summed E-state index contributed by atoms with van der Waals surface area (Å²) < 4.78 is 0. The van der Waals surface area contributed by atoms with Gasteiger partial charge in [-0.15, -0.1) is 0 Å². The Kier molecular flexibility index (Phi) is 9.04. The lowest BCUT2D eigenvalue weighted by atomic mass is 9.97. The maximum absolute atomic E-state index is 12.3. The molecule has 0 spiro atoms. The predicted molar refractivity (Wildman–Crippen MR) is 77.0 cm³/mol. The van der Waals surface area contributed by atoms with E-state index in [2.05, 4.69) is 13.8 Å². The molecule has 0 rings (SSSR count). The molecule has 0 saturated heterocycles. The fourth-order valence-corrected chi connectivity index (χ4v) is 1.97. The van der Waals surface area contributed by atoms with E-state index in [1.165, 1.54) is 0 Å². The van der Waals surface area contributed by atoms with Crippen LogP contribution in [0.4, 0.5) is 0 Å². The van der Waals surface area contributed by atoms with Crippen molar-refractivity contribution in [1.29, 1.82) is 0 Å². The number of nitrogens with zero attached hydrogens (tertiary/aromatic N) is 1. The molecule has 0 bridgehead atoms. The summed E-state index contributed by atoms with van der Waals surface area (Å²) in [5, 5.41) is 0. The second-order valence-electron chi connectivity index (χ2n) is 4.38. The van der Waals surface area contributed by atoms with Gasteiger partial charge >= 0.3 is 0 Å². The highest BCUT2D eigenvalue weighted by molar-refractivity contribution is 7.80. The van der Waals surface area contributed by atoms with Gasteiger partial charge in [-0.1, -0.05) is 38.9 Å². The first kappa shape index (κ1) is 16.4. The minimum atomic E-state index is 0.168. The molecule has 0 fully saturated rings. The van der Waals surface area contributed by atoms with E-state index in [0.29, 0.717) is 18.0 Å². The van der Waals surface area contributed by atoms with Gasteiger partial charge in [0.15, 0.2) is 0 Å². The van der Waals surface area contributed by atoms with Crippen molar-refractivity contribution in [3.05, 3.63) is 0 Å². The van der Waals surface area contributed by atoms with Crippen LogP contribution in [0.1, 0.15) is 52.9 Å². The number of carbonyl (C=O) groups is 1. The van der Waals surface area contributed by atoms with E-state index in [9.17, 15) is 4.79 Å². The van der Waals surface area contributed by atoms with Crippen molar-refractivity contribution in [2.75, 3.05) is 13.1 Å². The van der Waals surface area contributed by atoms with Gasteiger partial charge in [0.25, 0.3) is 0 Å². The lowest BCUT2D eigenvalue weighted by molar-refractivity contribution is -0.135. The fraction of sp³-hybridized carbons (Fsp3) is 0.846. The summed E-state index contributed by atoms with van der Waals surface area (Å²) >= 11 is 4.85. The molecule has 0 saturated carbocycles. The lowest BCUT2D eigenvalue weighted by Gasteiger charge is -2.25. The first-order valence-electron chi connectivity index (χ1n) is 6.63. The molecule has 0 aliphatic carbocycles. The number of rotatable bonds is 9. The lowest BCUT2D eigenvalue weighted by Crippen LogP contribution is -2.37. The van der Waals surface area contributed by atoms with E-state index < -0.39 is 0 Å². The number of nitrogens with two attached hydrogens (primary N) is 1. The Hall–Kier alpha value is -0.640. The van der Waals surface area contributed by atoms with Crippen molar-refractivity contribution in [2.45, 2.75) is 52.9 Å². The Labute approximate surface area is 111 Å². The zero-order valence-corrected chi connectivity index (χ0v) is 12.2. The molecule has 4 heteroatoms. The zero-order valence-electron chi connectivity index (χ0n) is 11.4. The zero-order chi connectivity index (χ0) is 13.3. The Bertz CT molecular complexity index is 244. The van der Waals surface area contributed by atoms with Crippen LogP contribution in [0.5, 0.6) is 0 Å². The summed E-state index contributed by atoms with van der Waals surface area (Å²) in [6.07, 6.45) is 4.80. The van der Waals surface area contributed by atoms with Gasteiger partial charge in [0, 0.05) is 25.4 Å². The standard InChI is InChI=1S/C13H26N2OS/c1-4-7-8-11(5-2)13(16)15(6-3)10-9-12(14)17/h11H,4-10H2,1-3H3,(H2,14,17). The Morgan fingerprint density at radius 1 is 1.35 bits per heavy atom. The van der Waals surface area contributed by atoms with Crippen LogP contribution in [0.15, 0.2) is 0 Å². The van der Waals surface area contributed by atoms with Crippen molar-refractivity contribution in [1.82, 2.24) is 4.90 Å². The molecule has 0 aromatic carbocycles. The Morgan fingerprint density at radius 2 is 2.00 bits per heavy atom. The Morgan fingerprint density at radius 3 is 2.41 bits per heavy atom. The molecule has 0 heterocycles. The maximum atomic E-state index is 12.3. The molecular weight excluding hydrogens is 232 g/mol. The first-order chi connectivity index (χ1) is 8.06. The van der Waals surface area contributed by atoms with Gasteiger partial charge in [-0.3, -0.25) is 4.79 Å². The van der Waals surface area contributed by atoms with Gasteiger partial charge in [0.2, 0.25) is 5.91 Å². The van der Waals surface area contributed by atoms with Gasteiger partial charge in [-0.25, -0.2) is 0 Å². The smallest absolute Gasteiger partial charge is 0.225 e. The molecule has 1 amide bonds. The van der Waals surface area contributed by atoms with Crippen LogP contribution in [-0.4, -0.2) is 28.9 Å². The average molecular weight is 258 g/mol. The minimum Gasteiger partial charge on any atom is -0.393 e. The van der Waals surface area contributed by atoms with Gasteiger partial charge in [-0.05, 0) is 19.8 Å².